The number of nitrogens with one attached hydrogen (secondary N) is 1. The third kappa shape index (κ3) is 5.23. The minimum absolute atomic E-state index is 0.0926. The molecule has 28 heavy (non-hydrogen) atoms. The van der Waals surface area contributed by atoms with Gasteiger partial charge in [0, 0.05) is 31.9 Å². The van der Waals surface area contributed by atoms with Crippen molar-refractivity contribution in [3.8, 4) is 11.8 Å². The van der Waals surface area contributed by atoms with Crippen molar-refractivity contribution in [3.05, 3.63) is 74.1 Å². The molecule has 0 aliphatic carbocycles. The molecule has 0 atom stereocenters. The maximum atomic E-state index is 12.6. The van der Waals surface area contributed by atoms with E-state index in [1.165, 1.54) is 43.1 Å². The lowest BCUT2D eigenvalue weighted by Crippen LogP contribution is -2.37. The first kappa shape index (κ1) is 20.8. The fraction of sp³-hybridized carbons (Fsp3) is 0.211. The Morgan fingerprint density at radius 3 is 2.64 bits per heavy atom. The highest BCUT2D eigenvalue weighted by Gasteiger charge is 2.30. The first-order chi connectivity index (χ1) is 13.1. The molecule has 0 radical (unpaired) electrons. The molecule has 0 unspecified atom stereocenters. The van der Waals surface area contributed by atoms with Crippen molar-refractivity contribution in [2.45, 2.75) is 6.18 Å². The van der Waals surface area contributed by atoms with Crippen LogP contribution in [0.25, 0.3) is 6.08 Å². The van der Waals surface area contributed by atoms with Gasteiger partial charge in [-0.2, -0.15) is 13.2 Å². The number of aryl methyl sites for hydroxylation is 1. The zero-order chi connectivity index (χ0) is 20.9. The number of carbonyl (C=O) groups is 1. The van der Waals surface area contributed by atoms with Gasteiger partial charge in [0.25, 0.3) is 5.56 Å². The fourth-order valence-electron chi connectivity index (χ4n) is 2.23. The monoisotopic (exact) mass is 391 g/mol. The standard InChI is InChI=1S/C19H16F3N3O3/c1-24-12-14(17(27)25(2)18(24)28)8-9-16(26)23-10-4-6-13-5-3-7-15(11-13)19(20,21)22/h3,5,7-9,11-12H,10H2,1-2H3,(H,23,26)/b9-8+. The van der Waals surface area contributed by atoms with E-state index in [9.17, 15) is 27.6 Å². The lowest BCUT2D eigenvalue weighted by Gasteiger charge is -2.05. The number of hydrogen-bond donors (Lipinski definition) is 1. The van der Waals surface area contributed by atoms with Gasteiger partial charge < -0.3 is 9.88 Å². The zero-order valence-corrected chi connectivity index (χ0v) is 15.0. The van der Waals surface area contributed by atoms with Crippen LogP contribution in [0.4, 0.5) is 13.2 Å². The smallest absolute Gasteiger partial charge is 0.342 e. The summed E-state index contributed by atoms with van der Waals surface area (Å²) in [7, 11) is 2.80. The first-order valence-corrected chi connectivity index (χ1v) is 7.98. The summed E-state index contributed by atoms with van der Waals surface area (Å²) in [4.78, 5) is 35.3. The van der Waals surface area contributed by atoms with Crippen LogP contribution in [0.2, 0.25) is 0 Å². The van der Waals surface area contributed by atoms with Crippen LogP contribution in [0.3, 0.4) is 0 Å². The normalized spacial score (nSPS) is 11.2. The van der Waals surface area contributed by atoms with E-state index in [4.69, 9.17) is 0 Å². The molecular weight excluding hydrogens is 375 g/mol. The van der Waals surface area contributed by atoms with Crippen molar-refractivity contribution in [2.24, 2.45) is 14.1 Å². The van der Waals surface area contributed by atoms with Crippen LogP contribution in [0, 0.1) is 11.8 Å². The average molecular weight is 391 g/mol. The summed E-state index contributed by atoms with van der Waals surface area (Å²) in [6.07, 6.45) is -0.777. The summed E-state index contributed by atoms with van der Waals surface area (Å²) in [6, 6.07) is 4.55. The van der Waals surface area contributed by atoms with E-state index >= 15 is 0 Å². The maximum Gasteiger partial charge on any atom is 0.416 e. The van der Waals surface area contributed by atoms with Gasteiger partial charge in [0.2, 0.25) is 5.91 Å². The largest absolute Gasteiger partial charge is 0.416 e. The lowest BCUT2D eigenvalue weighted by atomic mass is 10.1. The molecule has 9 heteroatoms. The summed E-state index contributed by atoms with van der Waals surface area (Å²) in [6.45, 7) is -0.0926. The van der Waals surface area contributed by atoms with Gasteiger partial charge in [0.1, 0.15) is 0 Å². The summed E-state index contributed by atoms with van der Waals surface area (Å²) in [5.74, 6) is 4.54. The molecule has 0 aliphatic heterocycles. The number of rotatable bonds is 3. The number of benzene rings is 1. The number of amides is 1. The molecular formula is C19H16F3N3O3. The minimum Gasteiger partial charge on any atom is -0.342 e. The van der Waals surface area contributed by atoms with E-state index in [-0.39, 0.29) is 17.7 Å². The molecule has 0 fully saturated rings. The molecule has 0 spiro atoms. The maximum absolute atomic E-state index is 12.6. The first-order valence-electron chi connectivity index (χ1n) is 7.98. The summed E-state index contributed by atoms with van der Waals surface area (Å²) < 4.78 is 40.0. The highest BCUT2D eigenvalue weighted by Crippen LogP contribution is 2.29. The van der Waals surface area contributed by atoms with Gasteiger partial charge in [-0.1, -0.05) is 17.9 Å². The van der Waals surface area contributed by atoms with Crippen molar-refractivity contribution >= 4 is 12.0 Å². The third-order valence-corrected chi connectivity index (χ3v) is 3.66. The highest BCUT2D eigenvalue weighted by atomic mass is 19.4. The number of halogens is 3. The van der Waals surface area contributed by atoms with Crippen LogP contribution in [0.5, 0.6) is 0 Å². The van der Waals surface area contributed by atoms with Gasteiger partial charge >= 0.3 is 11.9 Å². The number of alkyl halides is 3. The molecule has 1 amide bonds. The van der Waals surface area contributed by atoms with E-state index in [1.807, 2.05) is 0 Å². The molecule has 2 aromatic rings. The Morgan fingerprint density at radius 2 is 1.96 bits per heavy atom. The lowest BCUT2D eigenvalue weighted by molar-refractivity contribution is -0.137. The molecule has 146 valence electrons. The summed E-state index contributed by atoms with van der Waals surface area (Å²) in [5, 5.41) is 2.43. The zero-order valence-electron chi connectivity index (χ0n) is 15.0. The Hall–Kier alpha value is -3.54. The number of nitrogens with zero attached hydrogens (tertiary/aromatic N) is 2. The molecule has 0 aliphatic rings. The second kappa shape index (κ2) is 8.43. The van der Waals surface area contributed by atoms with E-state index in [0.717, 1.165) is 22.8 Å². The van der Waals surface area contributed by atoms with Crippen molar-refractivity contribution < 1.29 is 18.0 Å². The van der Waals surface area contributed by atoms with Gasteiger partial charge in [-0.3, -0.25) is 14.2 Å². The SMILES string of the molecule is Cn1cc(/C=C/C(=O)NCC#Cc2cccc(C(F)(F)F)c2)c(=O)n(C)c1=O. The topological polar surface area (TPSA) is 73.1 Å². The number of carbonyl (C=O) groups excluding carboxylic acids is 1. The highest BCUT2D eigenvalue weighted by molar-refractivity contribution is 5.91. The van der Waals surface area contributed by atoms with Crippen LogP contribution >= 0.6 is 0 Å². The molecule has 0 bridgehead atoms. The summed E-state index contributed by atoms with van der Waals surface area (Å²) in [5.41, 5.74) is -1.51. The average Bonchev–Trinajstić information content (AvgIpc) is 2.65. The number of hydrogen-bond acceptors (Lipinski definition) is 3. The van der Waals surface area contributed by atoms with E-state index in [2.05, 4.69) is 17.2 Å². The molecule has 2 rings (SSSR count). The Morgan fingerprint density at radius 1 is 1.25 bits per heavy atom. The Labute approximate surface area is 157 Å². The quantitative estimate of drug-likeness (QED) is 0.633. The molecule has 1 N–H and O–H groups in total. The van der Waals surface area contributed by atoms with Gasteiger partial charge in [0.05, 0.1) is 17.7 Å². The van der Waals surface area contributed by atoms with Gasteiger partial charge in [-0.05, 0) is 24.3 Å². The molecule has 0 saturated heterocycles. The van der Waals surface area contributed by atoms with Crippen LogP contribution in [0.15, 0.2) is 46.1 Å². The predicted octanol–water partition coefficient (Wildman–Crippen LogP) is 1.28. The van der Waals surface area contributed by atoms with Crippen LogP contribution < -0.4 is 16.6 Å². The van der Waals surface area contributed by atoms with Crippen molar-refractivity contribution in [2.75, 3.05) is 6.54 Å². The van der Waals surface area contributed by atoms with Crippen molar-refractivity contribution in [1.29, 1.82) is 0 Å². The van der Waals surface area contributed by atoms with Crippen LogP contribution in [-0.2, 0) is 25.1 Å². The fourth-order valence-corrected chi connectivity index (χ4v) is 2.23. The van der Waals surface area contributed by atoms with Gasteiger partial charge in [-0.25, -0.2) is 4.79 Å². The third-order valence-electron chi connectivity index (χ3n) is 3.66. The van der Waals surface area contributed by atoms with E-state index < -0.39 is 28.9 Å². The Balaban J connectivity index is 2.00. The van der Waals surface area contributed by atoms with Gasteiger partial charge in [-0.15, -0.1) is 0 Å². The second-order valence-corrected chi connectivity index (χ2v) is 5.77. The predicted molar refractivity (Wildman–Crippen MR) is 97.3 cm³/mol. The van der Waals surface area contributed by atoms with Crippen LogP contribution in [0.1, 0.15) is 16.7 Å². The van der Waals surface area contributed by atoms with Crippen LogP contribution in [-0.4, -0.2) is 21.6 Å². The van der Waals surface area contributed by atoms with Crippen molar-refractivity contribution in [3.63, 3.8) is 0 Å². The van der Waals surface area contributed by atoms with E-state index in [0.29, 0.717) is 0 Å². The molecule has 1 aromatic heterocycles. The van der Waals surface area contributed by atoms with Crippen molar-refractivity contribution in [1.82, 2.24) is 14.5 Å². The minimum atomic E-state index is -4.45. The molecule has 1 heterocycles. The Bertz CT molecular complexity index is 1100. The van der Waals surface area contributed by atoms with Gasteiger partial charge in [0.15, 0.2) is 0 Å². The molecule has 1 aromatic carbocycles. The second-order valence-electron chi connectivity index (χ2n) is 5.77. The molecule has 6 nitrogen and oxygen atoms in total. The molecule has 0 saturated carbocycles. The van der Waals surface area contributed by atoms with E-state index in [1.54, 1.807) is 0 Å². The Kier molecular flexibility index (Phi) is 6.26. The summed E-state index contributed by atoms with van der Waals surface area (Å²) >= 11 is 0. The number of aromatic nitrogens is 2.